The van der Waals surface area contributed by atoms with Crippen molar-refractivity contribution in [2.24, 2.45) is 5.10 Å². The van der Waals surface area contributed by atoms with Crippen LogP contribution in [0.25, 0.3) is 11.0 Å². The molecule has 0 aliphatic carbocycles. The van der Waals surface area contributed by atoms with E-state index >= 15 is 0 Å². The SMILES string of the molecule is CC(=O)N1N=C(Cn2nnc3ccccc32)OC1c1ccccc1. The Hall–Kier alpha value is -3.22. The minimum Gasteiger partial charge on any atom is -0.448 e. The van der Waals surface area contributed by atoms with Gasteiger partial charge in [0, 0.05) is 12.5 Å². The van der Waals surface area contributed by atoms with Gasteiger partial charge in [0.2, 0.25) is 18.0 Å². The summed E-state index contributed by atoms with van der Waals surface area (Å²) in [5, 5.41) is 13.9. The van der Waals surface area contributed by atoms with E-state index in [1.165, 1.54) is 11.9 Å². The number of hydrogen-bond acceptors (Lipinski definition) is 5. The van der Waals surface area contributed by atoms with Crippen LogP contribution in [0.5, 0.6) is 0 Å². The van der Waals surface area contributed by atoms with Gasteiger partial charge >= 0.3 is 0 Å². The first kappa shape index (κ1) is 14.4. The van der Waals surface area contributed by atoms with Gasteiger partial charge in [-0.05, 0) is 12.1 Å². The molecule has 1 unspecified atom stereocenters. The van der Waals surface area contributed by atoms with Crippen molar-refractivity contribution in [2.75, 3.05) is 0 Å². The number of para-hydroxylation sites is 1. The van der Waals surface area contributed by atoms with Crippen LogP contribution < -0.4 is 0 Å². The monoisotopic (exact) mass is 321 g/mol. The molecule has 1 aliphatic heterocycles. The molecule has 0 saturated heterocycles. The van der Waals surface area contributed by atoms with Crippen molar-refractivity contribution in [3.63, 3.8) is 0 Å². The number of amides is 1. The van der Waals surface area contributed by atoms with Crippen LogP contribution in [0.15, 0.2) is 59.7 Å². The lowest BCUT2D eigenvalue weighted by atomic mass is 10.2. The number of fused-ring (bicyclic) bond motifs is 1. The third kappa shape index (κ3) is 2.50. The van der Waals surface area contributed by atoms with Crippen molar-refractivity contribution in [3.8, 4) is 0 Å². The van der Waals surface area contributed by atoms with Gasteiger partial charge in [-0.25, -0.2) is 4.68 Å². The molecule has 7 heteroatoms. The predicted octanol–water partition coefficient (Wildman–Crippen LogP) is 2.32. The average Bonchev–Trinajstić information content (AvgIpc) is 3.21. The molecule has 2 aromatic carbocycles. The topological polar surface area (TPSA) is 72.6 Å². The molecule has 120 valence electrons. The van der Waals surface area contributed by atoms with Crippen molar-refractivity contribution >= 4 is 22.8 Å². The molecule has 0 fully saturated rings. The van der Waals surface area contributed by atoms with Crippen molar-refractivity contribution < 1.29 is 9.53 Å². The van der Waals surface area contributed by atoms with Crippen LogP contribution in [0.1, 0.15) is 18.7 Å². The fraction of sp³-hybridized carbons (Fsp3) is 0.176. The van der Waals surface area contributed by atoms with E-state index in [9.17, 15) is 4.79 Å². The first-order chi connectivity index (χ1) is 11.7. The molecule has 3 aromatic rings. The number of rotatable bonds is 3. The minimum absolute atomic E-state index is 0.178. The Morgan fingerprint density at radius 1 is 1.12 bits per heavy atom. The van der Waals surface area contributed by atoms with E-state index in [1.807, 2.05) is 54.6 Å². The van der Waals surface area contributed by atoms with Gasteiger partial charge in [0.05, 0.1) is 5.52 Å². The Labute approximate surface area is 138 Å². The summed E-state index contributed by atoms with van der Waals surface area (Å²) in [5.74, 6) is 0.247. The number of nitrogens with zero attached hydrogens (tertiary/aromatic N) is 5. The molecule has 0 bridgehead atoms. The molecule has 1 aromatic heterocycles. The van der Waals surface area contributed by atoms with Crippen LogP contribution in [0.3, 0.4) is 0 Å². The van der Waals surface area contributed by atoms with Gasteiger partial charge in [-0.15, -0.1) is 10.2 Å². The van der Waals surface area contributed by atoms with Crippen LogP contribution in [0, 0.1) is 0 Å². The molecular formula is C17H15N5O2. The zero-order chi connectivity index (χ0) is 16.5. The number of ether oxygens (including phenoxy) is 1. The van der Waals surface area contributed by atoms with Crippen LogP contribution in [-0.2, 0) is 16.1 Å². The molecule has 24 heavy (non-hydrogen) atoms. The maximum atomic E-state index is 11.9. The molecule has 2 heterocycles. The van der Waals surface area contributed by atoms with Crippen molar-refractivity contribution in [2.45, 2.75) is 19.7 Å². The van der Waals surface area contributed by atoms with Crippen molar-refractivity contribution in [1.82, 2.24) is 20.0 Å². The van der Waals surface area contributed by atoms with Gasteiger partial charge in [0.25, 0.3) is 0 Å². The molecule has 1 aliphatic rings. The van der Waals surface area contributed by atoms with Gasteiger partial charge in [0.15, 0.2) is 0 Å². The standard InChI is InChI=1S/C17H15N5O2/c1-12(23)22-17(13-7-3-2-4-8-13)24-16(19-22)11-21-15-10-6-5-9-14(15)18-20-21/h2-10,17H,11H2,1H3. The number of benzene rings is 2. The minimum atomic E-state index is -0.548. The summed E-state index contributed by atoms with van der Waals surface area (Å²) in [5.41, 5.74) is 2.57. The lowest BCUT2D eigenvalue weighted by molar-refractivity contribution is -0.135. The normalized spacial score (nSPS) is 17.0. The highest BCUT2D eigenvalue weighted by Crippen LogP contribution is 2.28. The average molecular weight is 321 g/mol. The summed E-state index contributed by atoms with van der Waals surface area (Å²) in [6.07, 6.45) is -0.548. The Bertz CT molecular complexity index is 919. The van der Waals surface area contributed by atoms with Crippen LogP contribution in [0.2, 0.25) is 0 Å². The maximum Gasteiger partial charge on any atom is 0.243 e. The Kier molecular flexibility index (Phi) is 3.45. The number of carbonyl (C=O) groups is 1. The lowest BCUT2D eigenvalue weighted by Gasteiger charge is -2.19. The summed E-state index contributed by atoms with van der Waals surface area (Å²) in [4.78, 5) is 11.9. The van der Waals surface area contributed by atoms with Gasteiger partial charge in [-0.1, -0.05) is 47.7 Å². The maximum absolute atomic E-state index is 11.9. The molecule has 0 saturated carbocycles. The fourth-order valence-electron chi connectivity index (χ4n) is 2.67. The summed E-state index contributed by atoms with van der Waals surface area (Å²) in [6, 6.07) is 17.2. The summed E-state index contributed by atoms with van der Waals surface area (Å²) in [7, 11) is 0. The van der Waals surface area contributed by atoms with E-state index in [0.717, 1.165) is 16.6 Å². The summed E-state index contributed by atoms with van der Waals surface area (Å²) in [6.45, 7) is 1.78. The highest BCUT2D eigenvalue weighted by atomic mass is 16.5. The van der Waals surface area contributed by atoms with E-state index in [0.29, 0.717) is 12.4 Å². The van der Waals surface area contributed by atoms with Gasteiger partial charge in [-0.3, -0.25) is 4.79 Å². The first-order valence-electron chi connectivity index (χ1n) is 7.59. The van der Waals surface area contributed by atoms with Crippen LogP contribution in [-0.4, -0.2) is 31.8 Å². The quantitative estimate of drug-likeness (QED) is 0.742. The third-order valence-electron chi connectivity index (χ3n) is 3.80. The van der Waals surface area contributed by atoms with Crippen molar-refractivity contribution in [3.05, 3.63) is 60.2 Å². The Morgan fingerprint density at radius 2 is 1.88 bits per heavy atom. The lowest BCUT2D eigenvalue weighted by Crippen LogP contribution is -2.25. The smallest absolute Gasteiger partial charge is 0.243 e. The predicted molar refractivity (Wildman–Crippen MR) is 87.8 cm³/mol. The zero-order valence-electron chi connectivity index (χ0n) is 13.0. The summed E-state index contributed by atoms with van der Waals surface area (Å²) < 4.78 is 7.62. The van der Waals surface area contributed by atoms with E-state index in [4.69, 9.17) is 4.74 Å². The Morgan fingerprint density at radius 3 is 2.67 bits per heavy atom. The largest absolute Gasteiger partial charge is 0.448 e. The van der Waals surface area contributed by atoms with Crippen LogP contribution >= 0.6 is 0 Å². The van der Waals surface area contributed by atoms with Crippen LogP contribution in [0.4, 0.5) is 0 Å². The van der Waals surface area contributed by atoms with E-state index < -0.39 is 6.23 Å². The van der Waals surface area contributed by atoms with Gasteiger partial charge in [0.1, 0.15) is 12.1 Å². The summed E-state index contributed by atoms with van der Waals surface area (Å²) >= 11 is 0. The third-order valence-corrected chi connectivity index (χ3v) is 3.80. The number of aromatic nitrogens is 3. The van der Waals surface area contributed by atoms with E-state index in [2.05, 4.69) is 15.4 Å². The molecule has 1 atom stereocenters. The molecule has 1 amide bonds. The fourth-order valence-corrected chi connectivity index (χ4v) is 2.67. The van der Waals surface area contributed by atoms with Crippen molar-refractivity contribution in [1.29, 1.82) is 0 Å². The second kappa shape index (κ2) is 5.77. The number of hydrazone groups is 1. The number of hydrogen-bond donors (Lipinski definition) is 0. The Balaban J connectivity index is 1.62. The highest BCUT2D eigenvalue weighted by molar-refractivity contribution is 5.84. The molecule has 0 N–H and O–H groups in total. The van der Waals surface area contributed by atoms with Gasteiger partial charge in [-0.2, -0.15) is 5.01 Å². The molecule has 0 spiro atoms. The van der Waals surface area contributed by atoms with E-state index in [-0.39, 0.29) is 5.91 Å². The zero-order valence-corrected chi connectivity index (χ0v) is 13.0. The molecule has 4 rings (SSSR count). The molecule has 7 nitrogen and oxygen atoms in total. The first-order valence-corrected chi connectivity index (χ1v) is 7.59. The van der Waals surface area contributed by atoms with Gasteiger partial charge < -0.3 is 4.74 Å². The van der Waals surface area contributed by atoms with E-state index in [1.54, 1.807) is 4.68 Å². The highest BCUT2D eigenvalue weighted by Gasteiger charge is 2.32. The molecular weight excluding hydrogens is 306 g/mol. The second-order valence-electron chi connectivity index (χ2n) is 5.47. The second-order valence-corrected chi connectivity index (χ2v) is 5.47. The number of carbonyl (C=O) groups excluding carboxylic acids is 1. The molecule has 0 radical (unpaired) electrons.